The summed E-state index contributed by atoms with van der Waals surface area (Å²) < 4.78 is 26.0. The third-order valence-electron chi connectivity index (χ3n) is 3.03. The van der Waals surface area contributed by atoms with Crippen LogP contribution in [0.2, 0.25) is 0 Å². The number of aliphatic carboxylic acids is 1. The summed E-state index contributed by atoms with van der Waals surface area (Å²) in [7, 11) is -3.71. The number of carboxylic acids is 1. The molecule has 0 bridgehead atoms. The fourth-order valence-corrected chi connectivity index (χ4v) is 4.08. The van der Waals surface area contributed by atoms with Crippen LogP contribution in [0.5, 0.6) is 0 Å². The largest absolute Gasteiger partial charge is 0.480 e. The molecule has 1 saturated heterocycles. The average molecular weight is 318 g/mol. The Morgan fingerprint density at radius 3 is 2.85 bits per heavy atom. The molecule has 1 aromatic heterocycles. The van der Waals surface area contributed by atoms with Gasteiger partial charge in [0.05, 0.1) is 6.54 Å². The number of hydrogen-bond acceptors (Lipinski definition) is 5. The first-order valence-electron chi connectivity index (χ1n) is 5.97. The molecule has 2 rings (SSSR count). The number of carboxylic acid groups (broad SMARTS) is 1. The maximum Gasteiger partial charge on any atom is 0.326 e. The normalized spacial score (nSPS) is 19.2. The first kappa shape index (κ1) is 14.9. The molecule has 0 radical (unpaired) electrons. The van der Waals surface area contributed by atoms with Gasteiger partial charge in [0.15, 0.2) is 0 Å². The summed E-state index contributed by atoms with van der Waals surface area (Å²) in [6.07, 6.45) is 1.01. The van der Waals surface area contributed by atoms with E-state index in [1.165, 1.54) is 11.0 Å². The van der Waals surface area contributed by atoms with Crippen LogP contribution in [-0.4, -0.2) is 49.4 Å². The molecule has 1 amide bonds. The van der Waals surface area contributed by atoms with Crippen LogP contribution in [0.15, 0.2) is 21.7 Å². The minimum absolute atomic E-state index is 0.126. The molecular weight excluding hydrogens is 304 g/mol. The molecule has 0 spiro atoms. The quantitative estimate of drug-likeness (QED) is 0.801. The van der Waals surface area contributed by atoms with E-state index in [9.17, 15) is 18.0 Å². The van der Waals surface area contributed by atoms with Gasteiger partial charge in [0.2, 0.25) is 5.91 Å². The monoisotopic (exact) mass is 318 g/mol. The highest BCUT2D eigenvalue weighted by Crippen LogP contribution is 2.18. The molecule has 1 aliphatic rings. The van der Waals surface area contributed by atoms with Gasteiger partial charge in [-0.05, 0) is 24.3 Å². The van der Waals surface area contributed by atoms with Gasteiger partial charge in [0.1, 0.15) is 10.3 Å². The Hall–Kier alpha value is -1.45. The Labute approximate surface area is 120 Å². The molecule has 1 aromatic rings. The van der Waals surface area contributed by atoms with E-state index in [2.05, 4.69) is 4.72 Å². The van der Waals surface area contributed by atoms with Crippen LogP contribution >= 0.6 is 11.3 Å². The molecule has 7 nitrogen and oxygen atoms in total. The maximum absolute atomic E-state index is 11.9. The molecule has 20 heavy (non-hydrogen) atoms. The molecule has 1 aliphatic heterocycles. The number of carbonyl (C=O) groups is 2. The Balaban J connectivity index is 1.97. The van der Waals surface area contributed by atoms with Crippen molar-refractivity contribution in [1.29, 1.82) is 0 Å². The second-order valence-electron chi connectivity index (χ2n) is 4.34. The number of rotatable bonds is 5. The zero-order chi connectivity index (χ0) is 14.8. The predicted molar refractivity (Wildman–Crippen MR) is 71.9 cm³/mol. The van der Waals surface area contributed by atoms with Gasteiger partial charge in [-0.25, -0.2) is 17.9 Å². The van der Waals surface area contributed by atoms with Gasteiger partial charge in [-0.1, -0.05) is 6.07 Å². The number of hydrogen-bond donors (Lipinski definition) is 2. The Morgan fingerprint density at radius 1 is 1.50 bits per heavy atom. The number of nitrogens with one attached hydrogen (secondary N) is 1. The van der Waals surface area contributed by atoms with Crippen molar-refractivity contribution < 1.29 is 23.1 Å². The van der Waals surface area contributed by atoms with Crippen molar-refractivity contribution in [2.24, 2.45) is 0 Å². The van der Waals surface area contributed by atoms with Crippen LogP contribution in [0.4, 0.5) is 0 Å². The molecule has 0 aliphatic carbocycles. The summed E-state index contributed by atoms with van der Waals surface area (Å²) in [5, 5.41) is 10.6. The minimum atomic E-state index is -3.71. The molecule has 2 N–H and O–H groups in total. The molecule has 1 unspecified atom stereocenters. The van der Waals surface area contributed by atoms with Gasteiger partial charge in [-0.2, -0.15) is 0 Å². The van der Waals surface area contributed by atoms with Gasteiger partial charge in [-0.15, -0.1) is 11.3 Å². The molecule has 0 aromatic carbocycles. The van der Waals surface area contributed by atoms with E-state index in [1.54, 1.807) is 11.4 Å². The number of sulfonamides is 1. The van der Waals surface area contributed by atoms with Crippen molar-refractivity contribution in [3.05, 3.63) is 17.5 Å². The summed E-state index contributed by atoms with van der Waals surface area (Å²) in [6, 6.07) is 2.18. The standard InChI is InChI=1S/C11H14N2O5S2/c14-9(13-5-1-3-8(13)11(15)16)7-12-20(17,18)10-4-2-6-19-10/h2,4,6,8,12H,1,3,5,7H2,(H,15,16). The van der Waals surface area contributed by atoms with Crippen LogP contribution in [-0.2, 0) is 19.6 Å². The van der Waals surface area contributed by atoms with E-state index in [0.29, 0.717) is 19.4 Å². The molecule has 110 valence electrons. The van der Waals surface area contributed by atoms with E-state index in [4.69, 9.17) is 5.11 Å². The third-order valence-corrected chi connectivity index (χ3v) is 5.83. The van der Waals surface area contributed by atoms with Gasteiger partial charge >= 0.3 is 5.97 Å². The Morgan fingerprint density at radius 2 is 2.25 bits per heavy atom. The van der Waals surface area contributed by atoms with Gasteiger partial charge < -0.3 is 10.0 Å². The van der Waals surface area contributed by atoms with Gasteiger partial charge in [-0.3, -0.25) is 4.79 Å². The van der Waals surface area contributed by atoms with Gasteiger partial charge in [0, 0.05) is 6.54 Å². The van der Waals surface area contributed by atoms with Crippen molar-refractivity contribution >= 4 is 33.2 Å². The lowest BCUT2D eigenvalue weighted by Gasteiger charge is -2.21. The minimum Gasteiger partial charge on any atom is -0.480 e. The fourth-order valence-electron chi connectivity index (χ4n) is 2.07. The molecule has 9 heteroatoms. The van der Waals surface area contributed by atoms with Gasteiger partial charge in [0.25, 0.3) is 10.0 Å². The van der Waals surface area contributed by atoms with Crippen LogP contribution in [0.1, 0.15) is 12.8 Å². The lowest BCUT2D eigenvalue weighted by molar-refractivity contribution is -0.147. The lowest BCUT2D eigenvalue weighted by atomic mass is 10.2. The molecule has 0 saturated carbocycles. The summed E-state index contributed by atoms with van der Waals surface area (Å²) in [5.41, 5.74) is 0. The highest BCUT2D eigenvalue weighted by atomic mass is 32.2. The smallest absolute Gasteiger partial charge is 0.326 e. The highest BCUT2D eigenvalue weighted by Gasteiger charge is 2.34. The molecular formula is C11H14N2O5S2. The molecule has 1 atom stereocenters. The van der Waals surface area contributed by atoms with E-state index < -0.39 is 34.5 Å². The second kappa shape index (κ2) is 5.90. The predicted octanol–water partition coefficient (Wildman–Crippen LogP) is 0.102. The topological polar surface area (TPSA) is 104 Å². The van der Waals surface area contributed by atoms with Crippen LogP contribution in [0.3, 0.4) is 0 Å². The van der Waals surface area contributed by atoms with Crippen molar-refractivity contribution in [3.63, 3.8) is 0 Å². The summed E-state index contributed by atoms with van der Waals surface area (Å²) in [4.78, 5) is 24.1. The van der Waals surface area contributed by atoms with E-state index in [-0.39, 0.29) is 4.21 Å². The maximum atomic E-state index is 11.9. The Kier molecular flexibility index (Phi) is 4.41. The fraction of sp³-hybridized carbons (Fsp3) is 0.455. The molecule has 2 heterocycles. The second-order valence-corrected chi connectivity index (χ2v) is 7.28. The van der Waals surface area contributed by atoms with Crippen molar-refractivity contribution in [2.45, 2.75) is 23.1 Å². The first-order valence-corrected chi connectivity index (χ1v) is 8.33. The van der Waals surface area contributed by atoms with E-state index >= 15 is 0 Å². The summed E-state index contributed by atoms with van der Waals surface area (Å²) >= 11 is 1.05. The zero-order valence-electron chi connectivity index (χ0n) is 10.5. The number of carbonyl (C=O) groups excluding carboxylic acids is 1. The van der Waals surface area contributed by atoms with Crippen molar-refractivity contribution in [2.75, 3.05) is 13.1 Å². The van der Waals surface area contributed by atoms with Crippen LogP contribution in [0.25, 0.3) is 0 Å². The first-order chi connectivity index (χ1) is 9.42. The zero-order valence-corrected chi connectivity index (χ0v) is 12.1. The van der Waals surface area contributed by atoms with Crippen LogP contribution < -0.4 is 4.72 Å². The lowest BCUT2D eigenvalue weighted by Crippen LogP contribution is -2.45. The SMILES string of the molecule is O=C(O)C1CCCN1C(=O)CNS(=O)(=O)c1cccs1. The summed E-state index contributed by atoms with van der Waals surface area (Å²) in [6.45, 7) is -0.0828. The van der Waals surface area contributed by atoms with Crippen molar-refractivity contribution in [3.8, 4) is 0 Å². The number of amides is 1. The van der Waals surface area contributed by atoms with Crippen LogP contribution in [0, 0.1) is 0 Å². The number of thiophene rings is 1. The van der Waals surface area contributed by atoms with E-state index in [1.807, 2.05) is 0 Å². The third kappa shape index (κ3) is 3.17. The Bertz CT molecular complexity index is 596. The average Bonchev–Trinajstić information content (AvgIpc) is 3.06. The highest BCUT2D eigenvalue weighted by molar-refractivity contribution is 7.91. The number of nitrogens with zero attached hydrogens (tertiary/aromatic N) is 1. The van der Waals surface area contributed by atoms with E-state index in [0.717, 1.165) is 11.3 Å². The molecule has 1 fully saturated rings. The van der Waals surface area contributed by atoms with Crippen molar-refractivity contribution in [1.82, 2.24) is 9.62 Å². The summed E-state index contributed by atoms with van der Waals surface area (Å²) in [5.74, 6) is -1.58. The number of likely N-dealkylation sites (tertiary alicyclic amines) is 1.